The highest BCUT2D eigenvalue weighted by molar-refractivity contribution is 7.89. The number of fused-ring (bicyclic) bond motifs is 1. The van der Waals surface area contributed by atoms with Crippen LogP contribution in [-0.4, -0.2) is 39.7 Å². The lowest BCUT2D eigenvalue weighted by Crippen LogP contribution is -2.29. The molecule has 0 radical (unpaired) electrons. The Balaban J connectivity index is 2.08. The highest BCUT2D eigenvalue weighted by Crippen LogP contribution is 2.31. The first-order valence-corrected chi connectivity index (χ1v) is 9.03. The van der Waals surface area contributed by atoms with Gasteiger partial charge in [-0.3, -0.25) is 0 Å². The molecule has 1 aromatic carbocycles. The summed E-state index contributed by atoms with van der Waals surface area (Å²) in [5.74, 6) is 0.0701. The molecule has 3 N–H and O–H groups in total. The Morgan fingerprint density at radius 3 is 2.91 bits per heavy atom. The normalized spacial score (nSPS) is 18.1. The van der Waals surface area contributed by atoms with E-state index in [-0.39, 0.29) is 24.1 Å². The minimum absolute atomic E-state index is 0.0727. The summed E-state index contributed by atoms with van der Waals surface area (Å²) >= 11 is 0. The molecule has 0 fully saturated rings. The number of benzene rings is 1. The van der Waals surface area contributed by atoms with Gasteiger partial charge in [-0.15, -0.1) is 0 Å². The highest BCUT2D eigenvalue weighted by atomic mass is 32.2. The van der Waals surface area contributed by atoms with Gasteiger partial charge in [0.05, 0.1) is 11.5 Å². The molecule has 128 valence electrons. The van der Waals surface area contributed by atoms with Gasteiger partial charge in [0.1, 0.15) is 5.75 Å². The Morgan fingerprint density at radius 1 is 1.52 bits per heavy atom. The molecule has 0 saturated carbocycles. The number of rotatable bonds is 7. The number of carbonyl (C=O) groups excluding carboxylic acids is 1. The number of nitrogens with one attached hydrogen (secondary N) is 1. The van der Waals surface area contributed by atoms with E-state index in [2.05, 4.69) is 4.72 Å². The summed E-state index contributed by atoms with van der Waals surface area (Å²) in [6.45, 7) is 4.09. The van der Waals surface area contributed by atoms with Gasteiger partial charge < -0.3 is 15.2 Å². The number of carbonyl (C=O) groups is 1. The first kappa shape index (κ1) is 17.7. The molecular formula is C15H22N2O5S. The smallest absolute Gasteiger partial charge is 0.347 e. The molecule has 1 aromatic rings. The van der Waals surface area contributed by atoms with Crippen LogP contribution in [-0.2, 0) is 26.0 Å². The van der Waals surface area contributed by atoms with Crippen molar-refractivity contribution in [2.75, 3.05) is 13.2 Å². The zero-order chi connectivity index (χ0) is 17.0. The largest absolute Gasteiger partial charge is 0.478 e. The summed E-state index contributed by atoms with van der Waals surface area (Å²) in [6.07, 6.45) is 0.143. The van der Waals surface area contributed by atoms with Gasteiger partial charge in [-0.2, -0.15) is 0 Å². The summed E-state index contributed by atoms with van der Waals surface area (Å²) in [5, 5.41) is 0. The van der Waals surface area contributed by atoms with Crippen molar-refractivity contribution in [2.45, 2.75) is 43.7 Å². The zero-order valence-electron chi connectivity index (χ0n) is 13.2. The fourth-order valence-corrected chi connectivity index (χ4v) is 3.36. The van der Waals surface area contributed by atoms with Crippen molar-refractivity contribution in [3.63, 3.8) is 0 Å². The van der Waals surface area contributed by atoms with E-state index >= 15 is 0 Å². The van der Waals surface area contributed by atoms with E-state index in [4.69, 9.17) is 15.2 Å². The number of ether oxygens (including phenoxy) is 2. The fourth-order valence-electron chi connectivity index (χ4n) is 2.26. The third-order valence-corrected chi connectivity index (χ3v) is 4.92. The summed E-state index contributed by atoms with van der Waals surface area (Å²) in [4.78, 5) is 11.9. The molecule has 0 aliphatic carbocycles. The van der Waals surface area contributed by atoms with Crippen LogP contribution in [0, 0.1) is 0 Å². The van der Waals surface area contributed by atoms with E-state index in [0.29, 0.717) is 24.2 Å². The van der Waals surface area contributed by atoms with Crippen LogP contribution in [0.3, 0.4) is 0 Å². The molecule has 1 heterocycles. The van der Waals surface area contributed by atoms with Crippen LogP contribution in [0.4, 0.5) is 0 Å². The van der Waals surface area contributed by atoms with E-state index in [0.717, 1.165) is 0 Å². The van der Waals surface area contributed by atoms with Gasteiger partial charge in [0.25, 0.3) is 0 Å². The fraction of sp³-hybridized carbons (Fsp3) is 0.533. The Kier molecular flexibility index (Phi) is 5.61. The third-order valence-electron chi connectivity index (χ3n) is 3.46. The molecule has 0 saturated heterocycles. The van der Waals surface area contributed by atoms with Crippen LogP contribution in [0.25, 0.3) is 0 Å². The van der Waals surface area contributed by atoms with Gasteiger partial charge in [-0.25, -0.2) is 17.9 Å². The maximum atomic E-state index is 12.2. The van der Waals surface area contributed by atoms with Crippen molar-refractivity contribution in [3.8, 4) is 5.75 Å². The Labute approximate surface area is 136 Å². The second kappa shape index (κ2) is 7.29. The zero-order valence-corrected chi connectivity index (χ0v) is 14.1. The molecule has 0 spiro atoms. The van der Waals surface area contributed by atoms with Gasteiger partial charge >= 0.3 is 5.97 Å². The van der Waals surface area contributed by atoms with E-state index in [1.54, 1.807) is 13.0 Å². The van der Waals surface area contributed by atoms with Crippen molar-refractivity contribution in [1.29, 1.82) is 0 Å². The molecule has 2 atom stereocenters. The molecule has 0 amide bonds. The summed E-state index contributed by atoms with van der Waals surface area (Å²) < 4.78 is 37.4. The van der Waals surface area contributed by atoms with Crippen molar-refractivity contribution < 1.29 is 22.7 Å². The predicted octanol–water partition coefficient (Wildman–Crippen LogP) is 0.569. The lowest BCUT2D eigenvalue weighted by atomic mass is 10.1. The monoisotopic (exact) mass is 342 g/mol. The van der Waals surface area contributed by atoms with Gasteiger partial charge in [0.15, 0.2) is 6.10 Å². The number of hydrogen-bond acceptors (Lipinski definition) is 6. The van der Waals surface area contributed by atoms with E-state index in [1.165, 1.54) is 12.1 Å². The summed E-state index contributed by atoms with van der Waals surface area (Å²) in [6, 6.07) is 4.48. The quantitative estimate of drug-likeness (QED) is 0.702. The topological polar surface area (TPSA) is 108 Å². The molecule has 23 heavy (non-hydrogen) atoms. The van der Waals surface area contributed by atoms with Gasteiger partial charge in [0.2, 0.25) is 10.0 Å². The van der Waals surface area contributed by atoms with E-state index in [1.807, 2.05) is 6.92 Å². The number of sulfonamides is 1. The average Bonchev–Trinajstić information content (AvgIpc) is 2.90. The van der Waals surface area contributed by atoms with E-state index in [9.17, 15) is 13.2 Å². The molecule has 7 nitrogen and oxygen atoms in total. The first-order valence-electron chi connectivity index (χ1n) is 7.55. The Morgan fingerprint density at radius 2 is 2.26 bits per heavy atom. The van der Waals surface area contributed by atoms with Crippen LogP contribution in [0.1, 0.15) is 25.8 Å². The highest BCUT2D eigenvalue weighted by Gasteiger charge is 2.31. The van der Waals surface area contributed by atoms with Crippen molar-refractivity contribution >= 4 is 16.0 Å². The maximum Gasteiger partial charge on any atom is 0.347 e. The van der Waals surface area contributed by atoms with Crippen LogP contribution in [0.5, 0.6) is 5.75 Å². The molecule has 0 aromatic heterocycles. The second-order valence-electron chi connectivity index (χ2n) is 5.50. The predicted molar refractivity (Wildman–Crippen MR) is 84.6 cm³/mol. The maximum absolute atomic E-state index is 12.2. The molecule has 1 aliphatic rings. The second-order valence-corrected chi connectivity index (χ2v) is 7.26. The minimum atomic E-state index is -3.60. The van der Waals surface area contributed by atoms with Gasteiger partial charge in [-0.1, -0.05) is 0 Å². The molecule has 0 bridgehead atoms. The third kappa shape index (κ3) is 4.43. The minimum Gasteiger partial charge on any atom is -0.478 e. The van der Waals surface area contributed by atoms with Crippen LogP contribution in [0.2, 0.25) is 0 Å². The van der Waals surface area contributed by atoms with Crippen LogP contribution >= 0.6 is 0 Å². The standard InChI is InChI=1S/C15H22N2O5S/c1-3-21-15(18)14-9-11-8-12(4-5-13(11)22-14)23(19,20)17-7-6-10(2)16/h4-5,8,10,14,17H,3,6-7,9,16H2,1-2H3. The summed E-state index contributed by atoms with van der Waals surface area (Å²) in [7, 11) is -3.60. The molecule has 2 unspecified atom stereocenters. The number of nitrogens with two attached hydrogens (primary N) is 1. The SMILES string of the molecule is CCOC(=O)C1Cc2cc(S(=O)(=O)NCCC(C)N)ccc2O1. The average molecular weight is 342 g/mol. The Hall–Kier alpha value is -1.64. The molecule has 8 heteroatoms. The van der Waals surface area contributed by atoms with Crippen LogP contribution in [0.15, 0.2) is 23.1 Å². The van der Waals surface area contributed by atoms with Gasteiger partial charge in [-0.05, 0) is 44.0 Å². The first-order chi connectivity index (χ1) is 10.8. The van der Waals surface area contributed by atoms with Crippen molar-refractivity contribution in [3.05, 3.63) is 23.8 Å². The van der Waals surface area contributed by atoms with Gasteiger partial charge in [0, 0.05) is 19.0 Å². The lowest BCUT2D eigenvalue weighted by Gasteiger charge is -2.09. The molecule has 1 aliphatic heterocycles. The van der Waals surface area contributed by atoms with Crippen molar-refractivity contribution in [2.24, 2.45) is 5.73 Å². The van der Waals surface area contributed by atoms with E-state index < -0.39 is 22.1 Å². The molecule has 2 rings (SSSR count). The van der Waals surface area contributed by atoms with Crippen LogP contribution < -0.4 is 15.2 Å². The Bertz CT molecular complexity index is 672. The van der Waals surface area contributed by atoms with Crippen molar-refractivity contribution in [1.82, 2.24) is 4.72 Å². The molecular weight excluding hydrogens is 320 g/mol. The number of hydrogen-bond donors (Lipinski definition) is 2. The lowest BCUT2D eigenvalue weighted by molar-refractivity contribution is -0.150. The number of esters is 1. The summed E-state index contributed by atoms with van der Waals surface area (Å²) in [5.41, 5.74) is 6.29.